The number of methoxy groups -OCH3 is 3. The quantitative estimate of drug-likeness (QED) is 0.741. The van der Waals surface area contributed by atoms with Crippen molar-refractivity contribution in [2.45, 2.75) is 6.42 Å². The van der Waals surface area contributed by atoms with Crippen LogP contribution in [-0.4, -0.2) is 36.5 Å². The first-order chi connectivity index (χ1) is 12.1. The van der Waals surface area contributed by atoms with Crippen LogP contribution < -0.4 is 14.2 Å². The van der Waals surface area contributed by atoms with Crippen molar-refractivity contribution < 1.29 is 24.4 Å². The van der Waals surface area contributed by atoms with Gasteiger partial charge in [-0.25, -0.2) is 0 Å². The van der Waals surface area contributed by atoms with Crippen molar-refractivity contribution in [2.24, 2.45) is 0 Å². The lowest BCUT2D eigenvalue weighted by Gasteiger charge is -2.14. The summed E-state index contributed by atoms with van der Waals surface area (Å²) in [6, 6.07) is 8.32. The van der Waals surface area contributed by atoms with Crippen molar-refractivity contribution in [1.29, 1.82) is 0 Å². The number of benzene rings is 2. The van der Waals surface area contributed by atoms with E-state index in [-0.39, 0.29) is 11.5 Å². The Labute approximate surface area is 145 Å². The van der Waals surface area contributed by atoms with Crippen molar-refractivity contribution in [3.8, 4) is 28.7 Å². The predicted molar refractivity (Wildman–Crippen MR) is 94.0 cm³/mol. The van der Waals surface area contributed by atoms with Gasteiger partial charge in [0.2, 0.25) is 5.75 Å². The molecule has 3 rings (SSSR count). The first kappa shape index (κ1) is 16.7. The van der Waals surface area contributed by atoms with Crippen LogP contribution in [0.5, 0.6) is 28.7 Å². The number of aromatic nitrogens is 1. The zero-order chi connectivity index (χ0) is 18.0. The molecule has 0 spiro atoms. The fraction of sp³-hybridized carbons (Fsp3) is 0.211. The molecule has 0 atom stereocenters. The van der Waals surface area contributed by atoms with Gasteiger partial charge in [0.05, 0.1) is 27.0 Å². The molecule has 130 valence electrons. The van der Waals surface area contributed by atoms with Gasteiger partial charge in [0.1, 0.15) is 11.5 Å². The third-order valence-electron chi connectivity index (χ3n) is 4.02. The van der Waals surface area contributed by atoms with E-state index in [4.69, 9.17) is 14.2 Å². The molecule has 0 unspecified atom stereocenters. The molecule has 25 heavy (non-hydrogen) atoms. The zero-order valence-corrected chi connectivity index (χ0v) is 14.2. The lowest BCUT2D eigenvalue weighted by atomic mass is 10.0. The molecule has 2 aromatic carbocycles. The highest BCUT2D eigenvalue weighted by Crippen LogP contribution is 2.39. The van der Waals surface area contributed by atoms with Crippen LogP contribution >= 0.6 is 0 Å². The lowest BCUT2D eigenvalue weighted by Crippen LogP contribution is -1.99. The average Bonchev–Trinajstić information content (AvgIpc) is 2.61. The fourth-order valence-corrected chi connectivity index (χ4v) is 2.88. The zero-order valence-electron chi connectivity index (χ0n) is 14.2. The number of ether oxygens (including phenoxy) is 3. The van der Waals surface area contributed by atoms with E-state index in [0.717, 1.165) is 11.3 Å². The van der Waals surface area contributed by atoms with Gasteiger partial charge in [-0.05, 0) is 29.8 Å². The molecule has 0 aliphatic carbocycles. The maximum Gasteiger partial charge on any atom is 0.203 e. The molecular weight excluding hydrogens is 322 g/mol. The van der Waals surface area contributed by atoms with E-state index in [1.165, 1.54) is 6.07 Å². The highest BCUT2D eigenvalue weighted by Gasteiger charge is 2.15. The monoisotopic (exact) mass is 341 g/mol. The van der Waals surface area contributed by atoms with Gasteiger partial charge in [0, 0.05) is 29.5 Å². The number of rotatable bonds is 5. The molecule has 0 saturated carbocycles. The van der Waals surface area contributed by atoms with Crippen LogP contribution in [0.1, 0.15) is 11.3 Å². The van der Waals surface area contributed by atoms with E-state index >= 15 is 0 Å². The molecule has 0 bridgehead atoms. The van der Waals surface area contributed by atoms with Crippen LogP contribution in [-0.2, 0) is 6.42 Å². The Morgan fingerprint density at radius 2 is 1.56 bits per heavy atom. The van der Waals surface area contributed by atoms with Gasteiger partial charge in [0.15, 0.2) is 11.5 Å². The van der Waals surface area contributed by atoms with Crippen molar-refractivity contribution in [2.75, 3.05) is 21.3 Å². The minimum atomic E-state index is -0.0101. The van der Waals surface area contributed by atoms with Gasteiger partial charge in [-0.2, -0.15) is 0 Å². The largest absolute Gasteiger partial charge is 0.508 e. The molecule has 6 heteroatoms. The Bertz CT molecular complexity index is 898. The van der Waals surface area contributed by atoms with Crippen LogP contribution in [0.4, 0.5) is 0 Å². The SMILES string of the molecule is COc1cc(Cc2nccc3c(O)cc(O)cc23)cc(OC)c1OC. The number of hydrogen-bond donors (Lipinski definition) is 2. The van der Waals surface area contributed by atoms with E-state index < -0.39 is 0 Å². The Morgan fingerprint density at radius 1 is 0.880 bits per heavy atom. The third-order valence-corrected chi connectivity index (χ3v) is 4.02. The number of fused-ring (bicyclic) bond motifs is 1. The Kier molecular flexibility index (Phi) is 4.52. The fourth-order valence-electron chi connectivity index (χ4n) is 2.88. The van der Waals surface area contributed by atoms with Gasteiger partial charge in [0.25, 0.3) is 0 Å². The maximum atomic E-state index is 10.0. The van der Waals surface area contributed by atoms with Crippen molar-refractivity contribution in [1.82, 2.24) is 4.98 Å². The lowest BCUT2D eigenvalue weighted by molar-refractivity contribution is 0.324. The number of hydrogen-bond acceptors (Lipinski definition) is 6. The topological polar surface area (TPSA) is 81.0 Å². The highest BCUT2D eigenvalue weighted by molar-refractivity contribution is 5.91. The Hall–Kier alpha value is -3.15. The van der Waals surface area contributed by atoms with Crippen molar-refractivity contribution in [3.63, 3.8) is 0 Å². The second-order valence-electron chi connectivity index (χ2n) is 5.53. The van der Waals surface area contributed by atoms with Gasteiger partial charge in [-0.1, -0.05) is 0 Å². The van der Waals surface area contributed by atoms with Gasteiger partial charge in [-0.3, -0.25) is 4.98 Å². The number of nitrogens with zero attached hydrogens (tertiary/aromatic N) is 1. The highest BCUT2D eigenvalue weighted by atomic mass is 16.5. The molecule has 0 amide bonds. The van der Waals surface area contributed by atoms with Gasteiger partial charge in [-0.15, -0.1) is 0 Å². The summed E-state index contributed by atoms with van der Waals surface area (Å²) in [5.74, 6) is 1.65. The van der Waals surface area contributed by atoms with E-state index in [0.29, 0.717) is 34.4 Å². The number of phenolic OH excluding ortho intramolecular Hbond substituents is 2. The maximum absolute atomic E-state index is 10.0. The molecule has 2 N–H and O–H groups in total. The standard InChI is InChI=1S/C19H19NO5/c1-23-17-7-11(8-18(24-2)19(17)25-3)6-15-14-9-12(21)10-16(22)13(14)4-5-20-15/h4-5,7-10,21-22H,6H2,1-3H3. The van der Waals surface area contributed by atoms with Crippen molar-refractivity contribution in [3.05, 3.63) is 47.8 Å². The summed E-state index contributed by atoms with van der Waals surface area (Å²) in [4.78, 5) is 4.40. The first-order valence-electron chi connectivity index (χ1n) is 7.65. The average molecular weight is 341 g/mol. The smallest absolute Gasteiger partial charge is 0.203 e. The summed E-state index contributed by atoms with van der Waals surface area (Å²) in [5.41, 5.74) is 1.62. The molecule has 1 aromatic heterocycles. The van der Waals surface area contributed by atoms with E-state index in [2.05, 4.69) is 4.98 Å². The number of phenols is 2. The molecule has 0 fully saturated rings. The van der Waals surface area contributed by atoms with E-state index in [1.807, 2.05) is 12.1 Å². The second kappa shape index (κ2) is 6.76. The molecule has 6 nitrogen and oxygen atoms in total. The Morgan fingerprint density at radius 3 is 2.16 bits per heavy atom. The predicted octanol–water partition coefficient (Wildman–Crippen LogP) is 3.26. The summed E-state index contributed by atoms with van der Waals surface area (Å²) in [6.45, 7) is 0. The molecule has 0 aliphatic heterocycles. The van der Waals surface area contributed by atoms with E-state index in [9.17, 15) is 10.2 Å². The second-order valence-corrected chi connectivity index (χ2v) is 5.53. The molecule has 0 radical (unpaired) electrons. The van der Waals surface area contributed by atoms with Crippen molar-refractivity contribution >= 4 is 10.8 Å². The van der Waals surface area contributed by atoms with Crippen LogP contribution in [0.3, 0.4) is 0 Å². The summed E-state index contributed by atoms with van der Waals surface area (Å²) in [7, 11) is 4.68. The van der Waals surface area contributed by atoms with Crippen LogP contribution in [0.25, 0.3) is 10.8 Å². The molecule has 1 heterocycles. The summed E-state index contributed by atoms with van der Waals surface area (Å²) >= 11 is 0. The molecule has 3 aromatic rings. The molecule has 0 saturated heterocycles. The summed E-state index contributed by atoms with van der Waals surface area (Å²) in [6.07, 6.45) is 2.10. The van der Waals surface area contributed by atoms with Gasteiger partial charge >= 0.3 is 0 Å². The summed E-state index contributed by atoms with van der Waals surface area (Å²) < 4.78 is 16.1. The molecular formula is C19H19NO5. The minimum Gasteiger partial charge on any atom is -0.508 e. The first-order valence-corrected chi connectivity index (χ1v) is 7.65. The normalized spacial score (nSPS) is 10.7. The van der Waals surface area contributed by atoms with E-state index in [1.54, 1.807) is 39.7 Å². The third kappa shape index (κ3) is 3.10. The number of pyridine rings is 1. The van der Waals surface area contributed by atoms with Gasteiger partial charge < -0.3 is 24.4 Å². The van der Waals surface area contributed by atoms with Crippen LogP contribution in [0, 0.1) is 0 Å². The Balaban J connectivity index is 2.10. The van der Waals surface area contributed by atoms with Crippen LogP contribution in [0.15, 0.2) is 36.5 Å². The summed E-state index contributed by atoms with van der Waals surface area (Å²) in [5, 5.41) is 21.1. The minimum absolute atomic E-state index is 0.0101. The number of aromatic hydroxyl groups is 2. The van der Waals surface area contributed by atoms with Crippen LogP contribution in [0.2, 0.25) is 0 Å². The molecule has 0 aliphatic rings.